The first-order valence-electron chi connectivity index (χ1n) is 6.78. The Balaban J connectivity index is 1.78. The Kier molecular flexibility index (Phi) is 3.24. The van der Waals surface area contributed by atoms with Gasteiger partial charge in [0.1, 0.15) is 11.6 Å². The Morgan fingerprint density at radius 3 is 2.89 bits per heavy atom. The van der Waals surface area contributed by atoms with Gasteiger partial charge in [-0.25, -0.2) is 0 Å². The number of nitrogens with two attached hydrogens (primary N) is 1. The van der Waals surface area contributed by atoms with Gasteiger partial charge in [0.25, 0.3) is 0 Å². The highest BCUT2D eigenvalue weighted by molar-refractivity contribution is 5.75. The van der Waals surface area contributed by atoms with E-state index in [0.29, 0.717) is 19.1 Å². The van der Waals surface area contributed by atoms with Crippen molar-refractivity contribution in [3.63, 3.8) is 0 Å². The van der Waals surface area contributed by atoms with Crippen LogP contribution in [0.5, 0.6) is 0 Å². The second-order valence-corrected chi connectivity index (χ2v) is 5.44. The number of hydrogen-bond donors (Lipinski definition) is 1. The number of carbonyl (C=O) groups is 1. The molecule has 0 saturated carbocycles. The molecule has 1 aromatic rings. The van der Waals surface area contributed by atoms with E-state index in [0.717, 1.165) is 37.7 Å². The highest BCUT2D eigenvalue weighted by Gasteiger charge is 2.30. The molecule has 0 aliphatic carbocycles. The monoisotopic (exact) mass is 264 g/mol. The zero-order valence-electron chi connectivity index (χ0n) is 11.2. The summed E-state index contributed by atoms with van der Waals surface area (Å²) in [5.74, 6) is 1.74. The summed E-state index contributed by atoms with van der Waals surface area (Å²) in [7, 11) is 2.14. The van der Waals surface area contributed by atoms with Gasteiger partial charge in [-0.1, -0.05) is 0 Å². The molecule has 2 aliphatic rings. The Hall–Kier alpha value is -1.47. The summed E-state index contributed by atoms with van der Waals surface area (Å²) in [6, 6.07) is 0.393. The Morgan fingerprint density at radius 2 is 2.21 bits per heavy atom. The van der Waals surface area contributed by atoms with E-state index in [1.165, 1.54) is 6.42 Å². The molecule has 7 heteroatoms. The third kappa shape index (κ3) is 2.35. The molecule has 0 radical (unpaired) electrons. The van der Waals surface area contributed by atoms with Gasteiger partial charge in [0.2, 0.25) is 5.91 Å². The van der Waals surface area contributed by atoms with E-state index in [9.17, 15) is 4.79 Å². The van der Waals surface area contributed by atoms with E-state index in [2.05, 4.69) is 26.7 Å². The fourth-order valence-corrected chi connectivity index (χ4v) is 3.07. The molecule has 1 fully saturated rings. The molecule has 3 rings (SSSR count). The average molecular weight is 264 g/mol. The smallest absolute Gasteiger partial charge is 0.231 e. The van der Waals surface area contributed by atoms with Gasteiger partial charge >= 0.3 is 0 Å². The van der Waals surface area contributed by atoms with E-state index < -0.39 is 0 Å². The number of aromatic nitrogens is 3. The van der Waals surface area contributed by atoms with Crippen molar-refractivity contribution >= 4 is 5.91 Å². The van der Waals surface area contributed by atoms with E-state index in [1.807, 2.05) is 4.90 Å². The minimum absolute atomic E-state index is 0.288. The molecule has 0 bridgehead atoms. The minimum Gasteiger partial charge on any atom is -0.369 e. The maximum atomic E-state index is 11.0. The average Bonchev–Trinajstić information content (AvgIpc) is 2.93. The first kappa shape index (κ1) is 12.6. The largest absolute Gasteiger partial charge is 0.369 e. The third-order valence-corrected chi connectivity index (χ3v) is 4.06. The molecule has 0 aromatic carbocycles. The lowest BCUT2D eigenvalue weighted by atomic mass is 10.2. The summed E-state index contributed by atoms with van der Waals surface area (Å²) in [5.41, 5.74) is 5.24. The first-order chi connectivity index (χ1) is 9.15. The van der Waals surface area contributed by atoms with Gasteiger partial charge in [-0.3, -0.25) is 14.6 Å². The minimum atomic E-state index is -0.288. The summed E-state index contributed by atoms with van der Waals surface area (Å²) < 4.78 is 2.21. The quantitative estimate of drug-likeness (QED) is 0.784. The number of primary amides is 1. The Labute approximate surface area is 112 Å². The van der Waals surface area contributed by atoms with E-state index in [-0.39, 0.29) is 5.91 Å². The first-order valence-corrected chi connectivity index (χ1v) is 6.78. The summed E-state index contributed by atoms with van der Waals surface area (Å²) in [4.78, 5) is 15.3. The lowest BCUT2D eigenvalue weighted by molar-refractivity contribution is -0.119. The highest BCUT2D eigenvalue weighted by atomic mass is 16.1. The second-order valence-electron chi connectivity index (χ2n) is 5.44. The fraction of sp³-hybridized carbons (Fsp3) is 0.750. The van der Waals surface area contributed by atoms with Crippen molar-refractivity contribution in [2.24, 2.45) is 5.73 Å². The molecule has 1 atom stereocenters. The molecule has 1 amide bonds. The van der Waals surface area contributed by atoms with Crippen molar-refractivity contribution < 1.29 is 4.79 Å². The lowest BCUT2D eigenvalue weighted by Gasteiger charge is -2.28. The fourth-order valence-electron chi connectivity index (χ4n) is 3.07. The maximum Gasteiger partial charge on any atom is 0.231 e. The zero-order valence-corrected chi connectivity index (χ0v) is 11.2. The van der Waals surface area contributed by atoms with Crippen LogP contribution >= 0.6 is 0 Å². The van der Waals surface area contributed by atoms with Crippen LogP contribution in [-0.2, 0) is 17.9 Å². The summed E-state index contributed by atoms with van der Waals surface area (Å²) in [5, 5.41) is 8.66. The van der Waals surface area contributed by atoms with Crippen LogP contribution in [0.15, 0.2) is 0 Å². The summed E-state index contributed by atoms with van der Waals surface area (Å²) >= 11 is 0. The molecule has 3 heterocycles. The van der Waals surface area contributed by atoms with Gasteiger partial charge in [0.05, 0.1) is 19.1 Å². The summed E-state index contributed by atoms with van der Waals surface area (Å²) in [6.07, 6.45) is 2.37. The van der Waals surface area contributed by atoms with Crippen LogP contribution < -0.4 is 5.73 Å². The van der Waals surface area contributed by atoms with Crippen LogP contribution in [0.25, 0.3) is 0 Å². The maximum absolute atomic E-state index is 11.0. The highest BCUT2D eigenvalue weighted by Crippen LogP contribution is 2.30. The topological polar surface area (TPSA) is 80.3 Å². The Morgan fingerprint density at radius 1 is 1.37 bits per heavy atom. The van der Waals surface area contributed by atoms with Crippen LogP contribution in [0.4, 0.5) is 0 Å². The van der Waals surface area contributed by atoms with Crippen LogP contribution in [0.3, 0.4) is 0 Å². The SMILES string of the molecule is CN1CCC[C@H]1c1nnc2n1CCN(CC(N)=O)C2. The van der Waals surface area contributed by atoms with Crippen LogP contribution in [0, 0.1) is 0 Å². The molecular formula is C12H20N6O. The molecule has 0 spiro atoms. The lowest BCUT2D eigenvalue weighted by Crippen LogP contribution is -2.40. The molecule has 0 unspecified atom stereocenters. The Bertz CT molecular complexity index is 485. The van der Waals surface area contributed by atoms with E-state index in [4.69, 9.17) is 5.73 Å². The number of carbonyl (C=O) groups excluding carboxylic acids is 1. The van der Waals surface area contributed by atoms with Crippen molar-refractivity contribution in [3.05, 3.63) is 11.6 Å². The molecule has 1 saturated heterocycles. The van der Waals surface area contributed by atoms with Crippen molar-refractivity contribution in [2.45, 2.75) is 32.0 Å². The van der Waals surface area contributed by atoms with E-state index in [1.54, 1.807) is 0 Å². The van der Waals surface area contributed by atoms with E-state index >= 15 is 0 Å². The predicted molar refractivity (Wildman–Crippen MR) is 69.1 cm³/mol. The number of amides is 1. The van der Waals surface area contributed by atoms with Gasteiger partial charge in [-0.05, 0) is 26.4 Å². The van der Waals surface area contributed by atoms with Crippen molar-refractivity contribution in [2.75, 3.05) is 26.7 Å². The summed E-state index contributed by atoms with van der Waals surface area (Å²) in [6.45, 7) is 3.76. The third-order valence-electron chi connectivity index (χ3n) is 4.06. The van der Waals surface area contributed by atoms with Crippen molar-refractivity contribution in [3.8, 4) is 0 Å². The van der Waals surface area contributed by atoms with Gasteiger partial charge in [-0.2, -0.15) is 0 Å². The zero-order chi connectivity index (χ0) is 13.4. The second kappa shape index (κ2) is 4.90. The number of rotatable bonds is 3. The number of nitrogens with zero attached hydrogens (tertiary/aromatic N) is 5. The number of hydrogen-bond acceptors (Lipinski definition) is 5. The standard InChI is InChI=1S/C12H20N6O/c1-16-4-2-3-9(16)12-15-14-11-8-17(7-10(13)19)5-6-18(11)12/h9H,2-8H2,1H3,(H2,13,19)/t9-/m0/s1. The number of fused-ring (bicyclic) bond motifs is 1. The van der Waals surface area contributed by atoms with Gasteiger partial charge < -0.3 is 10.3 Å². The molecule has 104 valence electrons. The predicted octanol–water partition coefficient (Wildman–Crippen LogP) is -0.654. The molecule has 19 heavy (non-hydrogen) atoms. The number of likely N-dealkylation sites (tertiary alicyclic amines) is 1. The normalized spacial score (nSPS) is 24.6. The van der Waals surface area contributed by atoms with Gasteiger partial charge in [0, 0.05) is 13.1 Å². The van der Waals surface area contributed by atoms with Crippen LogP contribution in [-0.4, -0.2) is 57.2 Å². The van der Waals surface area contributed by atoms with Gasteiger partial charge in [0.15, 0.2) is 0 Å². The molecule has 2 N–H and O–H groups in total. The van der Waals surface area contributed by atoms with Crippen molar-refractivity contribution in [1.29, 1.82) is 0 Å². The van der Waals surface area contributed by atoms with Crippen LogP contribution in [0.2, 0.25) is 0 Å². The van der Waals surface area contributed by atoms with Gasteiger partial charge in [-0.15, -0.1) is 10.2 Å². The molecule has 1 aromatic heterocycles. The molecule has 2 aliphatic heterocycles. The van der Waals surface area contributed by atoms with Crippen LogP contribution in [0.1, 0.15) is 30.5 Å². The molecule has 7 nitrogen and oxygen atoms in total. The van der Waals surface area contributed by atoms with Crippen molar-refractivity contribution in [1.82, 2.24) is 24.6 Å². The molecular weight excluding hydrogens is 244 g/mol.